The van der Waals surface area contributed by atoms with Crippen molar-refractivity contribution >= 4 is 16.6 Å². The van der Waals surface area contributed by atoms with Gasteiger partial charge in [-0.15, -0.1) is 0 Å². The minimum atomic E-state index is -0.240. The average Bonchev–Trinajstić information content (AvgIpc) is 2.54. The molecule has 1 N–H and O–H groups in total. The van der Waals surface area contributed by atoms with E-state index >= 15 is 0 Å². The number of carbonyl (C=O) groups excluding carboxylic acids is 1. The molecule has 3 rings (SSSR count). The molecule has 3 aromatic rings. The molecule has 122 valence electrons. The molecule has 0 aliphatic carbocycles. The molecule has 0 unspecified atom stereocenters. The van der Waals surface area contributed by atoms with Crippen LogP contribution in [0.15, 0.2) is 60.7 Å². The van der Waals surface area contributed by atoms with Gasteiger partial charge in [-0.05, 0) is 27.8 Å². The van der Waals surface area contributed by atoms with E-state index in [1.165, 1.54) is 0 Å². The Hall–Kier alpha value is -2.61. The minimum Gasteiger partial charge on any atom is -0.507 e. The lowest BCUT2D eigenvalue weighted by Gasteiger charge is -2.23. The monoisotopic (exact) mass is 318 g/mol. The SMILES string of the molecule is CC(C)(C)c1cc2ccccc2c(C(=O)Cc2ccccc2)c1O. The summed E-state index contributed by atoms with van der Waals surface area (Å²) >= 11 is 0. The van der Waals surface area contributed by atoms with E-state index in [2.05, 4.69) is 0 Å². The Morgan fingerprint density at radius 1 is 0.958 bits per heavy atom. The molecule has 0 spiro atoms. The van der Waals surface area contributed by atoms with Gasteiger partial charge < -0.3 is 5.11 Å². The van der Waals surface area contributed by atoms with Gasteiger partial charge in [0, 0.05) is 12.0 Å². The van der Waals surface area contributed by atoms with Crippen molar-refractivity contribution in [2.24, 2.45) is 0 Å². The summed E-state index contributed by atoms with van der Waals surface area (Å²) in [4.78, 5) is 13.0. The Morgan fingerprint density at radius 3 is 2.25 bits per heavy atom. The third-order valence-electron chi connectivity index (χ3n) is 4.32. The maximum Gasteiger partial charge on any atom is 0.171 e. The summed E-state index contributed by atoms with van der Waals surface area (Å²) in [5.41, 5.74) is 1.95. The maximum atomic E-state index is 13.0. The number of hydrogen-bond acceptors (Lipinski definition) is 2. The summed E-state index contributed by atoms with van der Waals surface area (Å²) < 4.78 is 0. The summed E-state index contributed by atoms with van der Waals surface area (Å²) in [5.74, 6) is 0.0585. The van der Waals surface area contributed by atoms with Crippen molar-refractivity contribution in [3.63, 3.8) is 0 Å². The predicted molar refractivity (Wildman–Crippen MR) is 98.8 cm³/mol. The van der Waals surface area contributed by atoms with Crippen LogP contribution in [0.5, 0.6) is 5.75 Å². The first-order valence-electron chi connectivity index (χ1n) is 8.20. The fraction of sp³-hybridized carbons (Fsp3) is 0.227. The summed E-state index contributed by atoms with van der Waals surface area (Å²) in [6.45, 7) is 6.13. The summed E-state index contributed by atoms with van der Waals surface area (Å²) in [6.07, 6.45) is 0.284. The molecule has 0 aromatic heterocycles. The van der Waals surface area contributed by atoms with Gasteiger partial charge in [0.25, 0.3) is 0 Å². The lowest BCUT2D eigenvalue weighted by Crippen LogP contribution is -2.14. The van der Waals surface area contributed by atoms with Crippen LogP contribution < -0.4 is 0 Å². The number of phenols is 1. The van der Waals surface area contributed by atoms with Crippen molar-refractivity contribution in [3.05, 3.63) is 77.4 Å². The molecular formula is C22H22O2. The Balaban J connectivity index is 2.18. The van der Waals surface area contributed by atoms with Crippen molar-refractivity contribution in [2.45, 2.75) is 32.6 Å². The first-order valence-corrected chi connectivity index (χ1v) is 8.20. The number of phenolic OH excluding ortho intramolecular Hbond substituents is 1. The first kappa shape index (κ1) is 16.3. The molecule has 0 saturated heterocycles. The first-order chi connectivity index (χ1) is 11.4. The van der Waals surface area contributed by atoms with Crippen LogP contribution >= 0.6 is 0 Å². The Kier molecular flexibility index (Phi) is 4.15. The predicted octanol–water partition coefficient (Wildman–Crippen LogP) is 5.27. The third kappa shape index (κ3) is 3.05. The summed E-state index contributed by atoms with van der Waals surface area (Å²) in [7, 11) is 0. The molecule has 2 nitrogen and oxygen atoms in total. The number of carbonyl (C=O) groups is 1. The van der Waals surface area contributed by atoms with Crippen LogP contribution in [0.2, 0.25) is 0 Å². The van der Waals surface area contributed by atoms with Crippen molar-refractivity contribution in [3.8, 4) is 5.75 Å². The van der Waals surface area contributed by atoms with Gasteiger partial charge in [-0.3, -0.25) is 4.79 Å². The molecule has 3 aromatic carbocycles. The second-order valence-corrected chi connectivity index (χ2v) is 7.20. The fourth-order valence-corrected chi connectivity index (χ4v) is 3.06. The lowest BCUT2D eigenvalue weighted by atomic mass is 9.82. The van der Waals surface area contributed by atoms with Gasteiger partial charge in [0.15, 0.2) is 5.78 Å². The second kappa shape index (κ2) is 6.12. The van der Waals surface area contributed by atoms with Crippen LogP contribution in [0.4, 0.5) is 0 Å². The molecule has 0 heterocycles. The van der Waals surface area contributed by atoms with Gasteiger partial charge >= 0.3 is 0 Å². The van der Waals surface area contributed by atoms with Gasteiger partial charge in [0.2, 0.25) is 0 Å². The van der Waals surface area contributed by atoms with Gasteiger partial charge in [-0.25, -0.2) is 0 Å². The summed E-state index contributed by atoms with van der Waals surface area (Å²) in [5, 5.41) is 12.6. The Labute approximate surface area is 142 Å². The van der Waals surface area contributed by atoms with E-state index < -0.39 is 0 Å². The molecule has 0 fully saturated rings. The Morgan fingerprint density at radius 2 is 1.58 bits per heavy atom. The van der Waals surface area contributed by atoms with E-state index in [1.807, 2.05) is 81.4 Å². The third-order valence-corrected chi connectivity index (χ3v) is 4.32. The maximum absolute atomic E-state index is 13.0. The van der Waals surface area contributed by atoms with Crippen molar-refractivity contribution in [1.82, 2.24) is 0 Å². The topological polar surface area (TPSA) is 37.3 Å². The molecule has 0 amide bonds. The number of rotatable bonds is 3. The van der Waals surface area contributed by atoms with Crippen LogP contribution in [0, 0.1) is 0 Å². The molecule has 0 aliphatic heterocycles. The molecule has 24 heavy (non-hydrogen) atoms. The number of ketones is 1. The quantitative estimate of drug-likeness (QED) is 0.668. The zero-order valence-electron chi connectivity index (χ0n) is 14.3. The Bertz CT molecular complexity index is 887. The zero-order valence-corrected chi connectivity index (χ0v) is 14.3. The van der Waals surface area contributed by atoms with Crippen LogP contribution in [0.1, 0.15) is 42.3 Å². The smallest absolute Gasteiger partial charge is 0.171 e. The van der Waals surface area contributed by atoms with E-state index in [4.69, 9.17) is 0 Å². The average molecular weight is 318 g/mol. The van der Waals surface area contributed by atoms with Gasteiger partial charge in [-0.2, -0.15) is 0 Å². The zero-order chi connectivity index (χ0) is 17.3. The fourth-order valence-electron chi connectivity index (χ4n) is 3.06. The van der Waals surface area contributed by atoms with Crippen LogP contribution in [-0.4, -0.2) is 10.9 Å². The standard InChI is InChI=1S/C22H22O2/c1-22(2,3)18-14-16-11-7-8-12-17(16)20(21(18)24)19(23)13-15-9-5-4-6-10-15/h4-12,14,24H,13H2,1-3H3. The molecular weight excluding hydrogens is 296 g/mol. The lowest BCUT2D eigenvalue weighted by molar-refractivity contribution is 0.0992. The molecule has 2 heteroatoms. The molecule has 0 atom stereocenters. The number of benzene rings is 3. The van der Waals surface area contributed by atoms with Crippen LogP contribution in [-0.2, 0) is 11.8 Å². The van der Waals surface area contributed by atoms with E-state index in [-0.39, 0.29) is 23.4 Å². The van der Waals surface area contributed by atoms with Crippen LogP contribution in [0.3, 0.4) is 0 Å². The van der Waals surface area contributed by atoms with Crippen LogP contribution in [0.25, 0.3) is 10.8 Å². The van der Waals surface area contributed by atoms with Gasteiger partial charge in [-0.1, -0.05) is 75.4 Å². The van der Waals surface area contributed by atoms with Crippen molar-refractivity contribution in [2.75, 3.05) is 0 Å². The number of fused-ring (bicyclic) bond motifs is 1. The molecule has 0 bridgehead atoms. The molecule has 0 aliphatic rings. The second-order valence-electron chi connectivity index (χ2n) is 7.20. The van der Waals surface area contributed by atoms with Gasteiger partial charge in [0.1, 0.15) is 5.75 Å². The highest BCUT2D eigenvalue weighted by atomic mass is 16.3. The highest BCUT2D eigenvalue weighted by Gasteiger charge is 2.25. The molecule has 0 radical (unpaired) electrons. The van der Waals surface area contributed by atoms with E-state index in [0.29, 0.717) is 5.56 Å². The largest absolute Gasteiger partial charge is 0.507 e. The molecule has 0 saturated carbocycles. The number of Topliss-reactive ketones (excluding diaryl/α,β-unsaturated/α-hetero) is 1. The summed E-state index contributed by atoms with van der Waals surface area (Å²) in [6, 6.07) is 19.4. The van der Waals surface area contributed by atoms with E-state index in [0.717, 1.165) is 21.9 Å². The van der Waals surface area contributed by atoms with Gasteiger partial charge in [0.05, 0.1) is 5.56 Å². The number of hydrogen-bond donors (Lipinski definition) is 1. The highest BCUT2D eigenvalue weighted by Crippen LogP contribution is 2.38. The minimum absolute atomic E-state index is 0.0546. The normalized spacial score (nSPS) is 11.6. The number of aromatic hydroxyl groups is 1. The van der Waals surface area contributed by atoms with E-state index in [1.54, 1.807) is 0 Å². The highest BCUT2D eigenvalue weighted by molar-refractivity contribution is 6.11. The van der Waals surface area contributed by atoms with Crippen molar-refractivity contribution < 1.29 is 9.90 Å². The van der Waals surface area contributed by atoms with E-state index in [9.17, 15) is 9.90 Å². The van der Waals surface area contributed by atoms with Crippen molar-refractivity contribution in [1.29, 1.82) is 0 Å².